The second kappa shape index (κ2) is 6.69. The van der Waals surface area contributed by atoms with Gasteiger partial charge in [0.15, 0.2) is 11.5 Å². The number of hydrogen-bond acceptors (Lipinski definition) is 4. The van der Waals surface area contributed by atoms with Crippen molar-refractivity contribution in [2.24, 2.45) is 5.92 Å². The minimum absolute atomic E-state index is 0. The topological polar surface area (TPSA) is 50.8 Å². The molecule has 4 atom stereocenters. The van der Waals surface area contributed by atoms with Crippen LogP contribution >= 0.6 is 12.4 Å². The Balaban J connectivity index is 0.00000157. The van der Waals surface area contributed by atoms with Crippen LogP contribution in [0, 0.1) is 5.92 Å². The van der Waals surface area contributed by atoms with E-state index >= 15 is 0 Å². The van der Waals surface area contributed by atoms with E-state index in [1.165, 1.54) is 12.0 Å². The highest BCUT2D eigenvalue weighted by Crippen LogP contribution is 2.51. The summed E-state index contributed by atoms with van der Waals surface area (Å²) < 4.78 is 11.3. The molecule has 0 aromatic heterocycles. The Morgan fingerprint density at radius 3 is 2.76 bits per heavy atom. The second-order valence-electron chi connectivity index (χ2n) is 7.48. The van der Waals surface area contributed by atoms with Crippen molar-refractivity contribution in [1.29, 1.82) is 0 Å². The van der Waals surface area contributed by atoms with E-state index in [4.69, 9.17) is 9.47 Å². The van der Waals surface area contributed by atoms with Crippen LogP contribution in [-0.4, -0.2) is 49.2 Å². The van der Waals surface area contributed by atoms with Gasteiger partial charge in [0, 0.05) is 24.5 Å². The Bertz CT molecular complexity index is 654. The largest absolute Gasteiger partial charge is 0.486 e. The van der Waals surface area contributed by atoms with Crippen LogP contribution in [0.2, 0.25) is 0 Å². The number of ether oxygens (including phenoxy) is 2. The highest BCUT2D eigenvalue weighted by Gasteiger charge is 2.50. The van der Waals surface area contributed by atoms with Crippen molar-refractivity contribution in [3.63, 3.8) is 0 Å². The van der Waals surface area contributed by atoms with Crippen LogP contribution in [0.3, 0.4) is 0 Å². The smallest absolute Gasteiger partial charge is 0.226 e. The third-order valence-electron chi connectivity index (χ3n) is 6.01. The first-order chi connectivity index (χ1) is 11.8. The van der Waals surface area contributed by atoms with E-state index < -0.39 is 0 Å². The van der Waals surface area contributed by atoms with Gasteiger partial charge in [-0.15, -0.1) is 12.4 Å². The van der Waals surface area contributed by atoms with Crippen LogP contribution in [-0.2, 0) is 4.79 Å². The summed E-state index contributed by atoms with van der Waals surface area (Å²) in [6, 6.07) is 7.03. The first-order valence-electron chi connectivity index (χ1n) is 9.24. The van der Waals surface area contributed by atoms with Crippen molar-refractivity contribution in [2.75, 3.05) is 26.3 Å². The molecule has 5 nitrogen and oxygen atoms in total. The summed E-state index contributed by atoms with van der Waals surface area (Å²) in [5, 5.41) is 3.48. The zero-order valence-corrected chi connectivity index (χ0v) is 15.1. The number of nitrogens with zero attached hydrogens (tertiary/aromatic N) is 1. The molecule has 0 radical (unpaired) electrons. The van der Waals surface area contributed by atoms with Gasteiger partial charge in [0.1, 0.15) is 13.2 Å². The molecule has 1 amide bonds. The van der Waals surface area contributed by atoms with E-state index in [2.05, 4.69) is 22.3 Å². The lowest BCUT2D eigenvalue weighted by molar-refractivity contribution is -0.135. The van der Waals surface area contributed by atoms with Crippen molar-refractivity contribution < 1.29 is 14.3 Å². The SMILES string of the molecule is Cl.O=C(C1CC1c1ccc2c(c1)OCCO2)N1C2CCNCC1CC2. The van der Waals surface area contributed by atoms with E-state index in [1.54, 1.807) is 0 Å². The molecule has 4 aliphatic rings. The van der Waals surface area contributed by atoms with E-state index in [0.717, 1.165) is 43.9 Å². The van der Waals surface area contributed by atoms with Gasteiger partial charge in [0.2, 0.25) is 5.91 Å². The standard InChI is InChI=1S/C19H24N2O3.ClH/c22-19(21-13-2-3-14(21)11-20-6-5-13)16-10-15(16)12-1-4-17-18(9-12)24-8-7-23-17;/h1,4,9,13-16,20H,2-3,5-8,10-11H2;1H. The molecule has 1 aromatic carbocycles. The summed E-state index contributed by atoms with van der Waals surface area (Å²) in [6.45, 7) is 3.22. The van der Waals surface area contributed by atoms with Crippen LogP contribution in [0.25, 0.3) is 0 Å². The highest BCUT2D eigenvalue weighted by molar-refractivity contribution is 5.85. The van der Waals surface area contributed by atoms with Gasteiger partial charge in [0.25, 0.3) is 0 Å². The molecule has 3 heterocycles. The molecule has 1 aromatic rings. The van der Waals surface area contributed by atoms with Crippen LogP contribution in [0.1, 0.15) is 37.2 Å². The van der Waals surface area contributed by atoms with E-state index in [9.17, 15) is 4.79 Å². The zero-order valence-electron chi connectivity index (χ0n) is 14.3. The molecule has 3 fully saturated rings. The first-order valence-corrected chi connectivity index (χ1v) is 9.24. The third-order valence-corrected chi connectivity index (χ3v) is 6.01. The maximum Gasteiger partial charge on any atom is 0.226 e. The van der Waals surface area contributed by atoms with Crippen molar-refractivity contribution in [2.45, 2.75) is 43.7 Å². The number of carbonyl (C=O) groups is 1. The Kier molecular flexibility index (Phi) is 4.54. The molecule has 1 aliphatic carbocycles. The van der Waals surface area contributed by atoms with Crippen molar-refractivity contribution in [1.82, 2.24) is 10.2 Å². The monoisotopic (exact) mass is 364 g/mol. The van der Waals surface area contributed by atoms with Gasteiger partial charge in [-0.2, -0.15) is 0 Å². The van der Waals surface area contributed by atoms with Gasteiger partial charge in [-0.25, -0.2) is 0 Å². The van der Waals surface area contributed by atoms with E-state index in [0.29, 0.717) is 37.1 Å². The van der Waals surface area contributed by atoms with Crippen molar-refractivity contribution in [3.8, 4) is 11.5 Å². The van der Waals surface area contributed by atoms with Crippen molar-refractivity contribution in [3.05, 3.63) is 23.8 Å². The number of rotatable bonds is 2. The maximum absolute atomic E-state index is 13.1. The van der Waals surface area contributed by atoms with Crippen LogP contribution in [0.4, 0.5) is 0 Å². The number of benzene rings is 1. The van der Waals surface area contributed by atoms with Crippen LogP contribution in [0.5, 0.6) is 11.5 Å². The first kappa shape index (κ1) is 17.0. The lowest BCUT2D eigenvalue weighted by Gasteiger charge is -2.28. The van der Waals surface area contributed by atoms with Crippen molar-refractivity contribution >= 4 is 18.3 Å². The van der Waals surface area contributed by atoms with Gasteiger partial charge < -0.3 is 19.7 Å². The predicted octanol–water partition coefficient (Wildman–Crippen LogP) is 2.34. The lowest BCUT2D eigenvalue weighted by atomic mass is 10.1. The molecular weight excluding hydrogens is 340 g/mol. The van der Waals surface area contributed by atoms with Gasteiger partial charge in [-0.05, 0) is 55.8 Å². The molecule has 2 saturated heterocycles. The number of fused-ring (bicyclic) bond motifs is 3. The zero-order chi connectivity index (χ0) is 16.1. The summed E-state index contributed by atoms with van der Waals surface area (Å²) in [5.41, 5.74) is 1.22. The highest BCUT2D eigenvalue weighted by atomic mass is 35.5. The average molecular weight is 365 g/mol. The quantitative estimate of drug-likeness (QED) is 0.875. The molecule has 0 spiro atoms. The van der Waals surface area contributed by atoms with Gasteiger partial charge in [-0.1, -0.05) is 6.07 Å². The summed E-state index contributed by atoms with van der Waals surface area (Å²) in [7, 11) is 0. The van der Waals surface area contributed by atoms with Crippen LogP contribution < -0.4 is 14.8 Å². The Labute approximate surface area is 154 Å². The number of carbonyl (C=O) groups excluding carboxylic acids is 1. The number of halogens is 1. The molecule has 136 valence electrons. The molecule has 1 saturated carbocycles. The lowest BCUT2D eigenvalue weighted by Crippen LogP contribution is -2.43. The number of hydrogen-bond donors (Lipinski definition) is 1. The normalized spacial score (nSPS) is 32.6. The van der Waals surface area contributed by atoms with Gasteiger partial charge in [-0.3, -0.25) is 4.79 Å². The minimum Gasteiger partial charge on any atom is -0.486 e. The molecule has 2 bridgehead atoms. The molecule has 4 unspecified atom stereocenters. The summed E-state index contributed by atoms with van der Waals surface area (Å²) in [4.78, 5) is 15.3. The maximum atomic E-state index is 13.1. The molecule has 1 N–H and O–H groups in total. The fourth-order valence-electron chi connectivity index (χ4n) is 4.66. The molecule has 3 aliphatic heterocycles. The van der Waals surface area contributed by atoms with Gasteiger partial charge >= 0.3 is 0 Å². The number of nitrogens with one attached hydrogen (secondary N) is 1. The predicted molar refractivity (Wildman–Crippen MR) is 96.7 cm³/mol. The molecular formula is C19H25ClN2O3. The molecule has 5 rings (SSSR count). The summed E-state index contributed by atoms with van der Waals surface area (Å²) in [6.07, 6.45) is 4.41. The molecule has 25 heavy (non-hydrogen) atoms. The summed E-state index contributed by atoms with van der Waals surface area (Å²) >= 11 is 0. The Morgan fingerprint density at radius 2 is 1.88 bits per heavy atom. The third kappa shape index (κ3) is 2.97. The van der Waals surface area contributed by atoms with E-state index in [-0.39, 0.29) is 18.3 Å². The second-order valence-corrected chi connectivity index (χ2v) is 7.48. The fraction of sp³-hybridized carbons (Fsp3) is 0.632. The molecule has 6 heteroatoms. The number of amides is 1. The Hall–Kier alpha value is -1.46. The average Bonchev–Trinajstić information content (AvgIpc) is 3.33. The minimum atomic E-state index is 0. The van der Waals surface area contributed by atoms with Crippen LogP contribution in [0.15, 0.2) is 18.2 Å². The van der Waals surface area contributed by atoms with E-state index in [1.807, 2.05) is 6.07 Å². The fourth-order valence-corrected chi connectivity index (χ4v) is 4.66. The summed E-state index contributed by atoms with van der Waals surface area (Å²) in [5.74, 6) is 2.55. The Morgan fingerprint density at radius 1 is 1.08 bits per heavy atom. The van der Waals surface area contributed by atoms with Gasteiger partial charge in [0.05, 0.1) is 0 Å².